The minimum atomic E-state index is 0.429. The van der Waals surface area contributed by atoms with Crippen molar-refractivity contribution in [3.63, 3.8) is 0 Å². The summed E-state index contributed by atoms with van der Waals surface area (Å²) in [5, 5.41) is 0. The number of rotatable bonds is 2. The third-order valence-corrected chi connectivity index (χ3v) is 1.95. The molecule has 0 aromatic rings. The Hall–Kier alpha value is -0.120. The molecular weight excluding hydrogens is 126 g/mol. The van der Waals surface area contributed by atoms with E-state index in [-0.39, 0.29) is 0 Å². The number of hydrogen-bond acceptors (Lipinski definition) is 2. The molecule has 0 aromatic carbocycles. The molecule has 0 amide bonds. The van der Waals surface area contributed by atoms with E-state index in [4.69, 9.17) is 12.7 Å². The van der Waals surface area contributed by atoms with Gasteiger partial charge in [0.25, 0.3) is 0 Å². The van der Waals surface area contributed by atoms with Gasteiger partial charge in [-0.3, -0.25) is 4.90 Å². The lowest BCUT2D eigenvalue weighted by molar-refractivity contribution is 0.143. The van der Waals surface area contributed by atoms with Gasteiger partial charge in [0.2, 0.25) is 0 Å². The number of hydrogen-bond donors (Lipinski definition) is 0. The first-order valence-corrected chi connectivity index (χ1v) is 3.66. The maximum absolute atomic E-state index is 7.10. The summed E-state index contributed by atoms with van der Waals surface area (Å²) in [6, 6.07) is 0. The van der Waals surface area contributed by atoms with Crippen molar-refractivity contribution in [2.75, 3.05) is 39.4 Å². The van der Waals surface area contributed by atoms with Crippen molar-refractivity contribution in [2.45, 2.75) is 0 Å². The SMILES string of the molecule is [CH]CN1CCN(C[NH])CC1. The van der Waals surface area contributed by atoms with Gasteiger partial charge in [-0.05, 0) is 6.92 Å². The van der Waals surface area contributed by atoms with E-state index in [1.165, 1.54) is 0 Å². The van der Waals surface area contributed by atoms with E-state index >= 15 is 0 Å². The first-order chi connectivity index (χ1) is 4.86. The summed E-state index contributed by atoms with van der Waals surface area (Å²) in [6.45, 7) is 10.6. The average Bonchev–Trinajstić information content (AvgIpc) is 2.05. The monoisotopic (exact) mass is 140 g/mol. The standard InChI is InChI=1S/C7H14N3/c1-2-9-3-5-10(7-8)6-4-9/h1,8H,2-7H2. The molecule has 0 saturated carbocycles. The van der Waals surface area contributed by atoms with Gasteiger partial charge in [0.05, 0.1) is 6.67 Å². The maximum Gasteiger partial charge on any atom is 0.0616 e. The van der Waals surface area contributed by atoms with Crippen LogP contribution < -0.4 is 5.73 Å². The molecule has 1 aliphatic heterocycles. The van der Waals surface area contributed by atoms with Crippen LogP contribution in [-0.4, -0.2) is 49.2 Å². The van der Waals surface area contributed by atoms with Crippen LogP contribution >= 0.6 is 0 Å². The van der Waals surface area contributed by atoms with Gasteiger partial charge in [0.1, 0.15) is 0 Å². The van der Waals surface area contributed by atoms with E-state index < -0.39 is 0 Å². The predicted octanol–water partition coefficient (Wildman–Crippen LogP) is -0.445. The molecule has 3 radical (unpaired) electrons. The second kappa shape index (κ2) is 3.91. The van der Waals surface area contributed by atoms with Gasteiger partial charge < -0.3 is 4.90 Å². The van der Waals surface area contributed by atoms with E-state index in [0.29, 0.717) is 13.2 Å². The van der Waals surface area contributed by atoms with Crippen molar-refractivity contribution in [2.24, 2.45) is 0 Å². The molecular formula is C7H14N3. The zero-order valence-corrected chi connectivity index (χ0v) is 6.21. The van der Waals surface area contributed by atoms with Crippen molar-refractivity contribution >= 4 is 0 Å². The summed E-state index contributed by atoms with van der Waals surface area (Å²) < 4.78 is 0. The largest absolute Gasteiger partial charge is 0.300 e. The Morgan fingerprint density at radius 2 is 1.60 bits per heavy atom. The topological polar surface area (TPSA) is 30.3 Å². The summed E-state index contributed by atoms with van der Waals surface area (Å²) in [5.41, 5.74) is 7.10. The number of nitrogens with zero attached hydrogens (tertiary/aromatic N) is 2. The minimum Gasteiger partial charge on any atom is -0.300 e. The Balaban J connectivity index is 2.17. The number of nitrogens with one attached hydrogen (secondary N) is 1. The molecule has 0 aliphatic carbocycles. The molecule has 3 heteroatoms. The zero-order valence-electron chi connectivity index (χ0n) is 6.21. The van der Waals surface area contributed by atoms with Gasteiger partial charge in [-0.1, -0.05) is 0 Å². The van der Waals surface area contributed by atoms with Crippen LogP contribution in [0.5, 0.6) is 0 Å². The van der Waals surface area contributed by atoms with Crippen molar-refractivity contribution in [3.05, 3.63) is 6.92 Å². The Morgan fingerprint density at radius 1 is 1.10 bits per heavy atom. The lowest BCUT2D eigenvalue weighted by Gasteiger charge is -2.32. The first kappa shape index (κ1) is 7.98. The molecule has 1 N–H and O–H groups in total. The van der Waals surface area contributed by atoms with Crippen LogP contribution in [0.25, 0.3) is 0 Å². The lowest BCUT2D eigenvalue weighted by Crippen LogP contribution is -2.46. The molecule has 57 valence electrons. The highest BCUT2D eigenvalue weighted by molar-refractivity contribution is 4.70. The second-order valence-corrected chi connectivity index (χ2v) is 2.58. The fraction of sp³-hybridized carbons (Fsp3) is 0.857. The molecule has 1 saturated heterocycles. The Labute approximate surface area is 62.8 Å². The third-order valence-electron chi connectivity index (χ3n) is 1.95. The fourth-order valence-corrected chi connectivity index (χ4v) is 1.13. The lowest BCUT2D eigenvalue weighted by atomic mass is 10.3. The molecule has 10 heavy (non-hydrogen) atoms. The molecule has 0 spiro atoms. The van der Waals surface area contributed by atoms with Gasteiger partial charge in [0, 0.05) is 32.7 Å². The average molecular weight is 140 g/mol. The van der Waals surface area contributed by atoms with Gasteiger partial charge in [-0.15, -0.1) is 0 Å². The third kappa shape index (κ3) is 1.94. The molecule has 1 fully saturated rings. The van der Waals surface area contributed by atoms with Gasteiger partial charge >= 0.3 is 0 Å². The second-order valence-electron chi connectivity index (χ2n) is 2.58. The van der Waals surface area contributed by atoms with Crippen LogP contribution in [-0.2, 0) is 0 Å². The Morgan fingerprint density at radius 3 is 2.00 bits per heavy atom. The summed E-state index contributed by atoms with van der Waals surface area (Å²) in [7, 11) is 0. The maximum atomic E-state index is 7.10. The number of piperazine rings is 1. The van der Waals surface area contributed by atoms with Gasteiger partial charge in [-0.2, -0.15) is 0 Å². The highest BCUT2D eigenvalue weighted by Gasteiger charge is 2.13. The first-order valence-electron chi connectivity index (χ1n) is 3.66. The van der Waals surface area contributed by atoms with Crippen LogP contribution in [0.1, 0.15) is 0 Å². The summed E-state index contributed by atoms with van der Waals surface area (Å²) in [6.07, 6.45) is 0. The molecule has 1 rings (SSSR count). The van der Waals surface area contributed by atoms with Crippen LogP contribution in [0.3, 0.4) is 0 Å². The molecule has 0 aromatic heterocycles. The van der Waals surface area contributed by atoms with Crippen LogP contribution in [0.2, 0.25) is 0 Å². The van der Waals surface area contributed by atoms with Gasteiger partial charge in [0.15, 0.2) is 0 Å². The molecule has 0 bridgehead atoms. The van der Waals surface area contributed by atoms with E-state index in [9.17, 15) is 0 Å². The summed E-state index contributed by atoms with van der Waals surface area (Å²) in [4.78, 5) is 4.32. The van der Waals surface area contributed by atoms with E-state index in [1.807, 2.05) is 0 Å². The zero-order chi connectivity index (χ0) is 7.40. The molecule has 1 aliphatic rings. The smallest absolute Gasteiger partial charge is 0.0616 e. The minimum absolute atomic E-state index is 0.429. The fourth-order valence-electron chi connectivity index (χ4n) is 1.13. The highest BCUT2D eigenvalue weighted by Crippen LogP contribution is 1.98. The van der Waals surface area contributed by atoms with Crippen LogP contribution in [0.4, 0.5) is 0 Å². The highest BCUT2D eigenvalue weighted by atomic mass is 15.3. The molecule has 3 nitrogen and oxygen atoms in total. The van der Waals surface area contributed by atoms with E-state index in [1.54, 1.807) is 0 Å². The molecule has 0 atom stereocenters. The van der Waals surface area contributed by atoms with Gasteiger partial charge in [-0.25, -0.2) is 5.73 Å². The molecule has 0 unspecified atom stereocenters. The quantitative estimate of drug-likeness (QED) is 0.520. The normalized spacial score (nSPS) is 23.4. The molecule has 1 heterocycles. The van der Waals surface area contributed by atoms with E-state index in [2.05, 4.69) is 9.80 Å². The van der Waals surface area contributed by atoms with Crippen molar-refractivity contribution < 1.29 is 0 Å². The van der Waals surface area contributed by atoms with Crippen LogP contribution in [0, 0.1) is 6.92 Å². The van der Waals surface area contributed by atoms with Crippen LogP contribution in [0.15, 0.2) is 0 Å². The Kier molecular flexibility index (Phi) is 3.12. The summed E-state index contributed by atoms with van der Waals surface area (Å²) in [5.74, 6) is 0. The Bertz CT molecular complexity index is 74.9. The predicted molar refractivity (Wildman–Crippen MR) is 40.3 cm³/mol. The van der Waals surface area contributed by atoms with Crippen molar-refractivity contribution in [1.29, 1.82) is 0 Å². The van der Waals surface area contributed by atoms with E-state index in [0.717, 1.165) is 26.2 Å². The van der Waals surface area contributed by atoms with Crippen molar-refractivity contribution in [1.82, 2.24) is 15.5 Å². The summed E-state index contributed by atoms with van der Waals surface area (Å²) >= 11 is 0. The van der Waals surface area contributed by atoms with Crippen molar-refractivity contribution in [3.8, 4) is 0 Å².